The van der Waals surface area contributed by atoms with Crippen molar-refractivity contribution in [3.63, 3.8) is 0 Å². The highest BCUT2D eigenvalue weighted by atomic mass is 16.6. The molecule has 1 aliphatic rings. The maximum absolute atomic E-state index is 11.7. The van der Waals surface area contributed by atoms with Crippen molar-refractivity contribution in [2.45, 2.75) is 12.8 Å². The number of nitrogens with one attached hydrogen (secondary N) is 1. The lowest BCUT2D eigenvalue weighted by atomic mass is 9.97. The molecule has 1 fully saturated rings. The zero-order valence-electron chi connectivity index (χ0n) is 14.3. The normalized spacial score (nSPS) is 14.7. The summed E-state index contributed by atoms with van der Waals surface area (Å²) >= 11 is 0. The molecule has 0 amide bonds. The molecule has 2 aromatic rings. The van der Waals surface area contributed by atoms with Crippen LogP contribution in [0.5, 0.6) is 0 Å². The minimum absolute atomic E-state index is 0.140. The van der Waals surface area contributed by atoms with E-state index in [0.717, 1.165) is 0 Å². The van der Waals surface area contributed by atoms with E-state index in [4.69, 9.17) is 4.74 Å². The number of benzene rings is 1. The Hall–Kier alpha value is -3.23. The number of nitro groups is 1. The van der Waals surface area contributed by atoms with Crippen LogP contribution < -0.4 is 10.2 Å². The summed E-state index contributed by atoms with van der Waals surface area (Å²) in [6.45, 7) is 0.977. The van der Waals surface area contributed by atoms with Gasteiger partial charge in [0.05, 0.1) is 18.0 Å². The third kappa shape index (κ3) is 3.71. The van der Waals surface area contributed by atoms with E-state index in [9.17, 15) is 14.9 Å². The number of nitrogens with zero attached hydrogens (tertiary/aromatic N) is 4. The molecule has 9 nitrogen and oxygen atoms in total. The van der Waals surface area contributed by atoms with Gasteiger partial charge < -0.3 is 15.0 Å². The van der Waals surface area contributed by atoms with Crippen molar-refractivity contribution in [2.24, 2.45) is 5.92 Å². The van der Waals surface area contributed by atoms with Gasteiger partial charge in [-0.05, 0) is 25.0 Å². The smallest absolute Gasteiger partial charge is 0.353 e. The number of carbonyl (C=O) groups excluding carboxylic acids is 1. The molecule has 1 aromatic heterocycles. The van der Waals surface area contributed by atoms with Crippen molar-refractivity contribution in [3.05, 3.63) is 46.8 Å². The molecule has 136 valence electrons. The van der Waals surface area contributed by atoms with Gasteiger partial charge >= 0.3 is 11.7 Å². The summed E-state index contributed by atoms with van der Waals surface area (Å²) in [4.78, 5) is 32.8. The minimum atomic E-state index is -0.479. The monoisotopic (exact) mass is 357 g/mol. The number of methoxy groups -OCH3 is 1. The Kier molecular flexibility index (Phi) is 5.26. The second-order valence-electron chi connectivity index (χ2n) is 5.93. The standard InChI is InChI=1S/C17H19N5O4/c1-26-17(23)12-7-9-21(10-8-12)16-14(22(24)25)15(18-11-19-16)20-13-5-3-2-4-6-13/h2-6,11-12H,7-10H2,1H3,(H,18,19,20). The van der Waals surface area contributed by atoms with E-state index < -0.39 is 4.92 Å². The van der Waals surface area contributed by atoms with Crippen molar-refractivity contribution >= 4 is 29.0 Å². The molecule has 2 heterocycles. The average molecular weight is 357 g/mol. The zero-order valence-corrected chi connectivity index (χ0v) is 14.3. The van der Waals surface area contributed by atoms with E-state index in [0.29, 0.717) is 31.6 Å². The first kappa shape index (κ1) is 17.6. The van der Waals surface area contributed by atoms with Gasteiger partial charge in [-0.2, -0.15) is 0 Å². The van der Waals surface area contributed by atoms with Crippen LogP contribution in [0.2, 0.25) is 0 Å². The number of hydrogen-bond acceptors (Lipinski definition) is 8. The molecular formula is C17H19N5O4. The van der Waals surface area contributed by atoms with Crippen LogP contribution >= 0.6 is 0 Å². The van der Waals surface area contributed by atoms with E-state index >= 15 is 0 Å². The highest BCUT2D eigenvalue weighted by Gasteiger charge is 2.32. The first-order valence-corrected chi connectivity index (χ1v) is 8.24. The van der Waals surface area contributed by atoms with Crippen LogP contribution in [0.1, 0.15) is 12.8 Å². The lowest BCUT2D eigenvalue weighted by molar-refractivity contribution is -0.383. The van der Waals surface area contributed by atoms with E-state index in [1.54, 1.807) is 12.1 Å². The summed E-state index contributed by atoms with van der Waals surface area (Å²) in [7, 11) is 1.37. The van der Waals surface area contributed by atoms with Gasteiger partial charge in [-0.1, -0.05) is 18.2 Å². The number of hydrogen-bond donors (Lipinski definition) is 1. The number of aromatic nitrogens is 2. The zero-order chi connectivity index (χ0) is 18.5. The minimum Gasteiger partial charge on any atom is -0.469 e. The van der Waals surface area contributed by atoms with Crippen molar-refractivity contribution in [2.75, 3.05) is 30.4 Å². The molecule has 1 saturated heterocycles. The molecule has 1 aliphatic heterocycles. The average Bonchev–Trinajstić information content (AvgIpc) is 2.68. The summed E-state index contributed by atoms with van der Waals surface area (Å²) in [6.07, 6.45) is 2.44. The molecule has 0 atom stereocenters. The predicted octanol–water partition coefficient (Wildman–Crippen LogP) is 2.52. The van der Waals surface area contributed by atoms with Crippen LogP contribution in [0.3, 0.4) is 0 Å². The predicted molar refractivity (Wildman–Crippen MR) is 95.4 cm³/mol. The molecule has 0 unspecified atom stereocenters. The van der Waals surface area contributed by atoms with Gasteiger partial charge in [0, 0.05) is 18.8 Å². The Morgan fingerprint density at radius 3 is 2.58 bits per heavy atom. The van der Waals surface area contributed by atoms with Crippen LogP contribution in [-0.4, -0.2) is 41.1 Å². The Morgan fingerprint density at radius 1 is 1.27 bits per heavy atom. The Bertz CT molecular complexity index is 791. The second-order valence-corrected chi connectivity index (χ2v) is 5.93. The van der Waals surface area contributed by atoms with E-state index in [2.05, 4.69) is 15.3 Å². The molecular weight excluding hydrogens is 338 g/mol. The molecule has 0 spiro atoms. The van der Waals surface area contributed by atoms with Crippen molar-refractivity contribution < 1.29 is 14.5 Å². The number of anilines is 3. The SMILES string of the molecule is COC(=O)C1CCN(c2ncnc(Nc3ccccc3)c2[N+](=O)[O-])CC1. The van der Waals surface area contributed by atoms with Crippen molar-refractivity contribution in [3.8, 4) is 0 Å². The molecule has 1 aromatic carbocycles. The molecule has 26 heavy (non-hydrogen) atoms. The van der Waals surface area contributed by atoms with Gasteiger partial charge in [-0.3, -0.25) is 14.9 Å². The van der Waals surface area contributed by atoms with Gasteiger partial charge in [0.25, 0.3) is 0 Å². The Labute approximate surface area is 150 Å². The summed E-state index contributed by atoms with van der Waals surface area (Å²) in [5.74, 6) is -0.0274. The lowest BCUT2D eigenvalue weighted by Crippen LogP contribution is -2.37. The quantitative estimate of drug-likeness (QED) is 0.494. The van der Waals surface area contributed by atoms with Crippen LogP contribution in [0.25, 0.3) is 0 Å². The summed E-state index contributed by atoms with van der Waals surface area (Å²) in [5, 5.41) is 14.7. The largest absolute Gasteiger partial charge is 0.469 e. The van der Waals surface area contributed by atoms with Crippen molar-refractivity contribution in [1.82, 2.24) is 9.97 Å². The second kappa shape index (κ2) is 7.77. The summed E-state index contributed by atoms with van der Waals surface area (Å²) < 4.78 is 4.78. The summed E-state index contributed by atoms with van der Waals surface area (Å²) in [6, 6.07) is 9.11. The Balaban J connectivity index is 1.85. The number of para-hydroxylation sites is 1. The van der Waals surface area contributed by atoms with Crippen LogP contribution in [-0.2, 0) is 9.53 Å². The molecule has 0 radical (unpaired) electrons. The van der Waals surface area contributed by atoms with Crippen LogP contribution in [0.4, 0.5) is 23.0 Å². The van der Waals surface area contributed by atoms with Gasteiger partial charge in [0.2, 0.25) is 11.6 Å². The number of rotatable bonds is 5. The van der Waals surface area contributed by atoms with Gasteiger partial charge in [0.1, 0.15) is 6.33 Å². The molecule has 3 rings (SSSR count). The summed E-state index contributed by atoms with van der Waals surface area (Å²) in [5.41, 5.74) is 0.525. The fourth-order valence-corrected chi connectivity index (χ4v) is 3.01. The fourth-order valence-electron chi connectivity index (χ4n) is 3.01. The van der Waals surface area contributed by atoms with Crippen molar-refractivity contribution in [1.29, 1.82) is 0 Å². The molecule has 0 aliphatic carbocycles. The first-order valence-electron chi connectivity index (χ1n) is 8.24. The van der Waals surface area contributed by atoms with Gasteiger partial charge in [-0.25, -0.2) is 9.97 Å². The topological polar surface area (TPSA) is 110 Å². The third-order valence-corrected chi connectivity index (χ3v) is 4.35. The molecule has 9 heteroatoms. The molecule has 0 saturated carbocycles. The van der Waals surface area contributed by atoms with E-state index in [1.165, 1.54) is 13.4 Å². The number of carbonyl (C=O) groups is 1. The lowest BCUT2D eigenvalue weighted by Gasteiger charge is -2.31. The maximum atomic E-state index is 11.7. The van der Waals surface area contributed by atoms with Gasteiger partial charge in [0.15, 0.2) is 0 Å². The van der Waals surface area contributed by atoms with E-state index in [1.807, 2.05) is 23.1 Å². The number of piperidine rings is 1. The van der Waals surface area contributed by atoms with Crippen LogP contribution in [0.15, 0.2) is 36.7 Å². The maximum Gasteiger partial charge on any atom is 0.353 e. The molecule has 1 N–H and O–H groups in total. The fraction of sp³-hybridized carbons (Fsp3) is 0.353. The Morgan fingerprint density at radius 2 is 1.96 bits per heavy atom. The number of esters is 1. The number of ether oxygens (including phenoxy) is 1. The van der Waals surface area contributed by atoms with Crippen LogP contribution in [0, 0.1) is 16.0 Å². The highest BCUT2D eigenvalue weighted by molar-refractivity contribution is 5.75. The molecule has 0 bridgehead atoms. The van der Waals surface area contributed by atoms with E-state index in [-0.39, 0.29) is 29.2 Å². The van der Waals surface area contributed by atoms with Gasteiger partial charge in [-0.15, -0.1) is 0 Å². The first-order chi connectivity index (χ1) is 12.6. The third-order valence-electron chi connectivity index (χ3n) is 4.35. The highest BCUT2D eigenvalue weighted by Crippen LogP contribution is 2.35.